The largest absolute Gasteiger partial charge is 0.497 e. The van der Waals surface area contributed by atoms with E-state index >= 15 is 0 Å². The van der Waals surface area contributed by atoms with Crippen LogP contribution >= 0.6 is 0 Å². The molecule has 1 aromatic carbocycles. The van der Waals surface area contributed by atoms with Gasteiger partial charge < -0.3 is 14.8 Å². The van der Waals surface area contributed by atoms with E-state index in [1.165, 1.54) is 0 Å². The molecule has 2 rings (SSSR count). The van der Waals surface area contributed by atoms with Crippen LogP contribution in [0.4, 0.5) is 10.5 Å². The van der Waals surface area contributed by atoms with Crippen molar-refractivity contribution in [1.82, 2.24) is 10.2 Å². The van der Waals surface area contributed by atoms with Crippen LogP contribution in [-0.2, 0) is 14.3 Å². The fraction of sp³-hybridized carbons (Fsp3) is 0.500. The standard InChI is InChI=1S/C18H25N3O5/c1-3-26-17(23)13-5-4-10-21(11-13)12-16(22)20-18(24)19-14-6-8-15(25-2)9-7-14/h6-9,13H,3-5,10-12H2,1-2H3,(H2,19,20,22,24). The zero-order valence-corrected chi connectivity index (χ0v) is 15.1. The lowest BCUT2D eigenvalue weighted by Gasteiger charge is -2.30. The van der Waals surface area contributed by atoms with Crippen LogP contribution in [0, 0.1) is 5.92 Å². The number of ether oxygens (including phenoxy) is 2. The van der Waals surface area contributed by atoms with Crippen LogP contribution in [0.1, 0.15) is 19.8 Å². The van der Waals surface area contributed by atoms with Crippen LogP contribution in [0.2, 0.25) is 0 Å². The second kappa shape index (κ2) is 9.76. The number of benzene rings is 1. The van der Waals surface area contributed by atoms with E-state index in [0.29, 0.717) is 31.1 Å². The number of amides is 3. The number of likely N-dealkylation sites (tertiary alicyclic amines) is 1. The highest BCUT2D eigenvalue weighted by Crippen LogP contribution is 2.18. The van der Waals surface area contributed by atoms with Gasteiger partial charge in [-0.1, -0.05) is 0 Å². The Morgan fingerprint density at radius 2 is 1.96 bits per heavy atom. The van der Waals surface area contributed by atoms with E-state index in [2.05, 4.69) is 10.6 Å². The second-order valence-corrected chi connectivity index (χ2v) is 6.06. The van der Waals surface area contributed by atoms with Gasteiger partial charge in [0.1, 0.15) is 5.75 Å². The Morgan fingerprint density at radius 1 is 1.23 bits per heavy atom. The third kappa shape index (κ3) is 6.03. The number of piperidine rings is 1. The van der Waals surface area contributed by atoms with Gasteiger partial charge in [-0.25, -0.2) is 4.79 Å². The summed E-state index contributed by atoms with van der Waals surface area (Å²) in [5.74, 6) is -0.187. The minimum Gasteiger partial charge on any atom is -0.497 e. The second-order valence-electron chi connectivity index (χ2n) is 6.06. The monoisotopic (exact) mass is 363 g/mol. The number of rotatable bonds is 6. The van der Waals surface area contributed by atoms with Crippen LogP contribution < -0.4 is 15.4 Å². The predicted octanol–water partition coefficient (Wildman–Crippen LogP) is 1.62. The SMILES string of the molecule is CCOC(=O)C1CCCN(CC(=O)NC(=O)Nc2ccc(OC)cc2)C1. The minimum absolute atomic E-state index is 0.0614. The Kier molecular flexibility index (Phi) is 7.40. The van der Waals surface area contributed by atoms with E-state index in [1.54, 1.807) is 38.3 Å². The number of nitrogens with one attached hydrogen (secondary N) is 2. The lowest BCUT2D eigenvalue weighted by Crippen LogP contribution is -2.46. The highest BCUT2D eigenvalue weighted by Gasteiger charge is 2.27. The number of imide groups is 1. The maximum atomic E-state index is 12.1. The number of anilines is 1. The Labute approximate surface area is 152 Å². The smallest absolute Gasteiger partial charge is 0.325 e. The molecule has 1 saturated heterocycles. The predicted molar refractivity (Wildman–Crippen MR) is 96.0 cm³/mol. The van der Waals surface area contributed by atoms with Crippen LogP contribution in [0.25, 0.3) is 0 Å². The summed E-state index contributed by atoms with van der Waals surface area (Å²) in [6.45, 7) is 3.36. The van der Waals surface area contributed by atoms with Gasteiger partial charge in [0.15, 0.2) is 0 Å². The highest BCUT2D eigenvalue weighted by molar-refractivity contribution is 6.01. The summed E-state index contributed by atoms with van der Waals surface area (Å²) in [6.07, 6.45) is 1.57. The van der Waals surface area contributed by atoms with Gasteiger partial charge in [0.25, 0.3) is 0 Å². The minimum atomic E-state index is -0.598. The number of carbonyl (C=O) groups is 3. The van der Waals surface area contributed by atoms with E-state index in [0.717, 1.165) is 12.8 Å². The normalized spacial score (nSPS) is 17.2. The van der Waals surface area contributed by atoms with E-state index in [1.807, 2.05) is 4.90 Å². The molecule has 0 saturated carbocycles. The Balaban J connectivity index is 1.78. The summed E-state index contributed by atoms with van der Waals surface area (Å²) in [4.78, 5) is 37.7. The average Bonchev–Trinajstić information content (AvgIpc) is 2.62. The molecule has 2 N–H and O–H groups in total. The van der Waals surface area contributed by atoms with E-state index in [9.17, 15) is 14.4 Å². The summed E-state index contributed by atoms with van der Waals surface area (Å²) < 4.78 is 10.1. The number of hydrogen-bond acceptors (Lipinski definition) is 6. The molecule has 1 aliphatic rings. The summed E-state index contributed by atoms with van der Waals surface area (Å²) in [7, 11) is 1.56. The van der Waals surface area contributed by atoms with Crippen molar-refractivity contribution in [3.8, 4) is 5.75 Å². The summed E-state index contributed by atoms with van der Waals surface area (Å²) >= 11 is 0. The first-order chi connectivity index (χ1) is 12.5. The van der Waals surface area contributed by atoms with E-state index in [-0.39, 0.29) is 18.4 Å². The molecule has 1 atom stereocenters. The maximum absolute atomic E-state index is 12.1. The lowest BCUT2D eigenvalue weighted by molar-refractivity contribution is -0.150. The van der Waals surface area contributed by atoms with Crippen molar-refractivity contribution in [2.75, 3.05) is 38.7 Å². The molecule has 26 heavy (non-hydrogen) atoms. The molecule has 1 unspecified atom stereocenters. The molecule has 1 aliphatic heterocycles. The van der Waals surface area contributed by atoms with Crippen molar-refractivity contribution >= 4 is 23.6 Å². The van der Waals surface area contributed by atoms with Gasteiger partial charge in [-0.05, 0) is 50.6 Å². The fourth-order valence-electron chi connectivity index (χ4n) is 2.86. The average molecular weight is 363 g/mol. The Bertz CT molecular complexity index is 632. The van der Waals surface area contributed by atoms with Gasteiger partial charge in [-0.2, -0.15) is 0 Å². The Morgan fingerprint density at radius 3 is 2.62 bits per heavy atom. The van der Waals surface area contributed by atoms with Gasteiger partial charge >= 0.3 is 12.0 Å². The van der Waals surface area contributed by atoms with Crippen molar-refractivity contribution in [1.29, 1.82) is 0 Å². The quantitative estimate of drug-likeness (QED) is 0.746. The van der Waals surface area contributed by atoms with Crippen molar-refractivity contribution in [3.05, 3.63) is 24.3 Å². The number of nitrogens with zero attached hydrogens (tertiary/aromatic N) is 1. The van der Waals surface area contributed by atoms with Gasteiger partial charge in [-0.3, -0.25) is 19.8 Å². The molecule has 1 aromatic rings. The van der Waals surface area contributed by atoms with E-state index < -0.39 is 11.9 Å². The molecular weight excluding hydrogens is 338 g/mol. The molecule has 0 bridgehead atoms. The molecule has 1 heterocycles. The third-order valence-electron chi connectivity index (χ3n) is 4.09. The van der Waals surface area contributed by atoms with Gasteiger partial charge in [0.2, 0.25) is 5.91 Å². The lowest BCUT2D eigenvalue weighted by atomic mass is 9.98. The van der Waals surface area contributed by atoms with Crippen LogP contribution in [0.3, 0.4) is 0 Å². The molecule has 8 nitrogen and oxygen atoms in total. The molecule has 142 valence electrons. The highest BCUT2D eigenvalue weighted by atomic mass is 16.5. The third-order valence-corrected chi connectivity index (χ3v) is 4.09. The first kappa shape index (κ1) is 19.7. The fourth-order valence-corrected chi connectivity index (χ4v) is 2.86. The van der Waals surface area contributed by atoms with Gasteiger partial charge in [-0.15, -0.1) is 0 Å². The van der Waals surface area contributed by atoms with Crippen molar-refractivity contribution in [3.63, 3.8) is 0 Å². The zero-order valence-electron chi connectivity index (χ0n) is 15.1. The maximum Gasteiger partial charge on any atom is 0.325 e. The van der Waals surface area contributed by atoms with Crippen molar-refractivity contribution in [2.45, 2.75) is 19.8 Å². The molecule has 1 fully saturated rings. The molecule has 8 heteroatoms. The molecule has 0 aliphatic carbocycles. The first-order valence-corrected chi connectivity index (χ1v) is 8.65. The van der Waals surface area contributed by atoms with Crippen LogP contribution in [0.5, 0.6) is 5.75 Å². The van der Waals surface area contributed by atoms with Crippen LogP contribution in [0.15, 0.2) is 24.3 Å². The molecular formula is C18H25N3O5. The molecule has 0 radical (unpaired) electrons. The summed E-state index contributed by atoms with van der Waals surface area (Å²) in [6, 6.07) is 6.18. The first-order valence-electron chi connectivity index (χ1n) is 8.65. The molecule has 3 amide bonds. The zero-order chi connectivity index (χ0) is 18.9. The number of methoxy groups -OCH3 is 1. The van der Waals surface area contributed by atoms with E-state index in [4.69, 9.17) is 9.47 Å². The molecule has 0 aromatic heterocycles. The summed E-state index contributed by atoms with van der Waals surface area (Å²) in [5, 5.41) is 4.88. The van der Waals surface area contributed by atoms with Gasteiger partial charge in [0.05, 0.1) is 26.2 Å². The Hall–Kier alpha value is -2.61. The number of esters is 1. The summed E-state index contributed by atoms with van der Waals surface area (Å²) in [5.41, 5.74) is 0.552. The number of hydrogen-bond donors (Lipinski definition) is 2. The number of carbonyl (C=O) groups excluding carboxylic acids is 3. The van der Waals surface area contributed by atoms with Gasteiger partial charge in [0, 0.05) is 12.2 Å². The number of urea groups is 1. The van der Waals surface area contributed by atoms with Crippen LogP contribution in [-0.4, -0.2) is 56.2 Å². The van der Waals surface area contributed by atoms with Crippen molar-refractivity contribution < 1.29 is 23.9 Å². The molecule has 0 spiro atoms. The van der Waals surface area contributed by atoms with Crippen molar-refractivity contribution in [2.24, 2.45) is 5.92 Å². The topological polar surface area (TPSA) is 97.0 Å².